The molecule has 1 heterocycles. The van der Waals surface area contributed by atoms with Crippen LogP contribution in [-0.4, -0.2) is 49.6 Å². The highest BCUT2D eigenvalue weighted by molar-refractivity contribution is 5.92. The van der Waals surface area contributed by atoms with Crippen LogP contribution in [0, 0.1) is 0 Å². The number of likely N-dealkylation sites (tertiary alicyclic amines) is 1. The number of nitrogens with one attached hydrogen (secondary N) is 1. The number of hydrogen-bond donors (Lipinski definition) is 1. The van der Waals surface area contributed by atoms with Gasteiger partial charge in [0.25, 0.3) is 0 Å². The molecule has 154 valence electrons. The zero-order valence-corrected chi connectivity index (χ0v) is 16.7. The molecule has 0 radical (unpaired) electrons. The quantitative estimate of drug-likeness (QED) is 0.536. The number of piperidine rings is 1. The van der Waals surface area contributed by atoms with Crippen LogP contribution in [0.25, 0.3) is 0 Å². The summed E-state index contributed by atoms with van der Waals surface area (Å²) in [4.78, 5) is 19.4. The molecule has 1 N–H and O–H groups in total. The van der Waals surface area contributed by atoms with E-state index in [0.717, 1.165) is 22.9 Å². The molecule has 1 fully saturated rings. The third-order valence-corrected chi connectivity index (χ3v) is 4.42. The number of carbonyl (C=O) groups excluding carboxylic acids is 1. The second-order valence-corrected chi connectivity index (χ2v) is 6.53. The summed E-state index contributed by atoms with van der Waals surface area (Å²) in [6.07, 6.45) is 1.42. The van der Waals surface area contributed by atoms with E-state index in [1.54, 1.807) is 4.90 Å². The van der Waals surface area contributed by atoms with Crippen LogP contribution in [0.1, 0.15) is 19.8 Å². The van der Waals surface area contributed by atoms with Crippen LogP contribution in [0.5, 0.6) is 11.5 Å². The van der Waals surface area contributed by atoms with Gasteiger partial charge in [0.2, 0.25) is 0 Å². The highest BCUT2D eigenvalue weighted by atomic mass is 16.6. The molecule has 0 aliphatic carbocycles. The lowest BCUT2D eigenvalue weighted by molar-refractivity contribution is 0.105. The molecule has 2 amide bonds. The third-order valence-electron chi connectivity index (χ3n) is 4.42. The van der Waals surface area contributed by atoms with E-state index in [1.807, 2.05) is 61.5 Å². The molecule has 2 aromatic carbocycles. The van der Waals surface area contributed by atoms with E-state index in [1.165, 1.54) is 0 Å². The molecule has 1 aliphatic heterocycles. The fraction of sp³-hybridized carbons (Fsp3) is 0.364. The van der Waals surface area contributed by atoms with Gasteiger partial charge in [-0.1, -0.05) is 23.4 Å². The minimum atomic E-state index is -0.0834. The number of para-hydroxylation sites is 1. The first-order valence-electron chi connectivity index (χ1n) is 9.89. The lowest BCUT2D eigenvalue weighted by Crippen LogP contribution is -2.41. The number of ether oxygens (including phenoxy) is 2. The van der Waals surface area contributed by atoms with Crippen molar-refractivity contribution in [1.82, 2.24) is 4.90 Å². The Morgan fingerprint density at radius 3 is 2.28 bits per heavy atom. The van der Waals surface area contributed by atoms with Gasteiger partial charge < -0.3 is 24.5 Å². The lowest BCUT2D eigenvalue weighted by Gasteiger charge is -2.27. The van der Waals surface area contributed by atoms with Crippen molar-refractivity contribution in [3.63, 3.8) is 0 Å². The summed E-state index contributed by atoms with van der Waals surface area (Å²) in [5.41, 5.74) is 1.77. The number of hydrogen-bond acceptors (Lipinski definition) is 5. The Labute approximate surface area is 171 Å². The topological polar surface area (TPSA) is 72.4 Å². The first-order valence-corrected chi connectivity index (χ1v) is 9.89. The third kappa shape index (κ3) is 6.71. The lowest BCUT2D eigenvalue weighted by atomic mass is 10.1. The van der Waals surface area contributed by atoms with Crippen molar-refractivity contribution in [1.29, 1.82) is 0 Å². The molecular weight excluding hydrogens is 370 g/mol. The van der Waals surface area contributed by atoms with Crippen molar-refractivity contribution in [2.75, 3.05) is 38.2 Å². The predicted octanol–water partition coefficient (Wildman–Crippen LogP) is 4.16. The van der Waals surface area contributed by atoms with Crippen LogP contribution >= 0.6 is 0 Å². The molecule has 0 saturated carbocycles. The second kappa shape index (κ2) is 10.9. The van der Waals surface area contributed by atoms with Gasteiger partial charge in [0.1, 0.15) is 18.1 Å². The number of carbonyl (C=O) groups is 1. The Bertz CT molecular complexity index is 783. The average molecular weight is 397 g/mol. The molecule has 7 heteroatoms. The van der Waals surface area contributed by atoms with E-state index >= 15 is 0 Å². The number of rotatable bonds is 8. The number of nitrogens with zero attached hydrogens (tertiary/aromatic N) is 2. The summed E-state index contributed by atoms with van der Waals surface area (Å²) in [7, 11) is 0. The van der Waals surface area contributed by atoms with Gasteiger partial charge in [-0.3, -0.25) is 0 Å². The normalized spacial score (nSPS) is 13.6. The molecular formula is C22H27N3O4. The van der Waals surface area contributed by atoms with Crippen molar-refractivity contribution in [2.45, 2.75) is 19.8 Å². The maximum atomic E-state index is 12.3. The Morgan fingerprint density at radius 2 is 1.62 bits per heavy atom. The number of amides is 2. The maximum absolute atomic E-state index is 12.3. The molecule has 2 aromatic rings. The van der Waals surface area contributed by atoms with Gasteiger partial charge >= 0.3 is 6.03 Å². The van der Waals surface area contributed by atoms with Gasteiger partial charge in [-0.25, -0.2) is 4.79 Å². The van der Waals surface area contributed by atoms with Gasteiger partial charge in [0, 0.05) is 31.6 Å². The molecule has 29 heavy (non-hydrogen) atoms. The van der Waals surface area contributed by atoms with E-state index in [0.29, 0.717) is 45.8 Å². The summed E-state index contributed by atoms with van der Waals surface area (Å²) in [6.45, 7) is 4.63. The highest BCUT2D eigenvalue weighted by Gasteiger charge is 2.20. The smallest absolute Gasteiger partial charge is 0.321 e. The molecule has 0 aromatic heterocycles. The average Bonchev–Trinajstić information content (AvgIpc) is 2.76. The Hall–Kier alpha value is -3.22. The second-order valence-electron chi connectivity index (χ2n) is 6.53. The van der Waals surface area contributed by atoms with Crippen molar-refractivity contribution >= 4 is 17.4 Å². The summed E-state index contributed by atoms with van der Waals surface area (Å²) in [6, 6.07) is 16.9. The monoisotopic (exact) mass is 397 g/mol. The van der Waals surface area contributed by atoms with Gasteiger partial charge in [-0.2, -0.15) is 0 Å². The van der Waals surface area contributed by atoms with E-state index < -0.39 is 0 Å². The first kappa shape index (κ1) is 20.5. The number of oxime groups is 1. The summed E-state index contributed by atoms with van der Waals surface area (Å²) in [5, 5.41) is 7.09. The van der Waals surface area contributed by atoms with Gasteiger partial charge in [-0.15, -0.1) is 0 Å². The fourth-order valence-electron chi connectivity index (χ4n) is 2.92. The SMILES string of the molecule is CCOc1ccc(OCCON=C2CCN(C(=O)Nc3ccccc3)CC2)cc1. The molecule has 7 nitrogen and oxygen atoms in total. The first-order chi connectivity index (χ1) is 14.2. The van der Waals surface area contributed by atoms with Crippen LogP contribution in [0.15, 0.2) is 59.8 Å². The van der Waals surface area contributed by atoms with E-state index in [2.05, 4.69) is 10.5 Å². The Kier molecular flexibility index (Phi) is 7.74. The van der Waals surface area contributed by atoms with Crippen molar-refractivity contribution in [3.8, 4) is 11.5 Å². The van der Waals surface area contributed by atoms with Crippen molar-refractivity contribution < 1.29 is 19.1 Å². The minimum Gasteiger partial charge on any atom is -0.494 e. The largest absolute Gasteiger partial charge is 0.494 e. The molecule has 1 saturated heterocycles. The zero-order valence-electron chi connectivity index (χ0n) is 16.7. The number of anilines is 1. The van der Waals surface area contributed by atoms with Gasteiger partial charge in [0.15, 0.2) is 6.61 Å². The van der Waals surface area contributed by atoms with Crippen LogP contribution in [0.2, 0.25) is 0 Å². The summed E-state index contributed by atoms with van der Waals surface area (Å²) in [5.74, 6) is 1.59. The van der Waals surface area contributed by atoms with Crippen LogP contribution in [-0.2, 0) is 4.84 Å². The van der Waals surface area contributed by atoms with Gasteiger partial charge in [-0.05, 0) is 43.3 Å². The molecule has 0 bridgehead atoms. The van der Waals surface area contributed by atoms with Crippen molar-refractivity contribution in [3.05, 3.63) is 54.6 Å². The number of urea groups is 1. The number of benzene rings is 2. The van der Waals surface area contributed by atoms with Gasteiger partial charge in [0.05, 0.1) is 12.3 Å². The van der Waals surface area contributed by atoms with Crippen LogP contribution in [0.3, 0.4) is 0 Å². The Morgan fingerprint density at radius 1 is 0.966 bits per heavy atom. The van der Waals surface area contributed by atoms with E-state index in [-0.39, 0.29) is 6.03 Å². The highest BCUT2D eigenvalue weighted by Crippen LogP contribution is 2.17. The predicted molar refractivity (Wildman–Crippen MR) is 113 cm³/mol. The standard InChI is InChI=1S/C22H27N3O4/c1-2-27-20-8-10-21(11-9-20)28-16-17-29-24-19-12-14-25(15-13-19)22(26)23-18-6-4-3-5-7-18/h3-11H,2,12-17H2,1H3,(H,23,26). The van der Waals surface area contributed by atoms with E-state index in [9.17, 15) is 4.79 Å². The van der Waals surface area contributed by atoms with Crippen LogP contribution < -0.4 is 14.8 Å². The minimum absolute atomic E-state index is 0.0834. The fourth-order valence-corrected chi connectivity index (χ4v) is 2.92. The van der Waals surface area contributed by atoms with Crippen LogP contribution in [0.4, 0.5) is 10.5 Å². The van der Waals surface area contributed by atoms with Crippen molar-refractivity contribution in [2.24, 2.45) is 5.16 Å². The molecule has 1 aliphatic rings. The molecule has 0 spiro atoms. The van der Waals surface area contributed by atoms with E-state index in [4.69, 9.17) is 14.3 Å². The molecule has 3 rings (SSSR count). The summed E-state index contributed by atoms with van der Waals surface area (Å²) >= 11 is 0. The summed E-state index contributed by atoms with van der Waals surface area (Å²) < 4.78 is 11.0. The zero-order chi connectivity index (χ0) is 20.3. The maximum Gasteiger partial charge on any atom is 0.321 e. The molecule has 0 atom stereocenters. The molecule has 0 unspecified atom stereocenters. The Balaban J connectivity index is 1.32.